The Balaban J connectivity index is 1.82. The van der Waals surface area contributed by atoms with E-state index in [2.05, 4.69) is 30.8 Å². The molecule has 0 aliphatic heterocycles. The van der Waals surface area contributed by atoms with Gasteiger partial charge < -0.3 is 5.32 Å². The van der Waals surface area contributed by atoms with E-state index < -0.39 is 0 Å². The summed E-state index contributed by atoms with van der Waals surface area (Å²) in [5.41, 5.74) is 0. The second kappa shape index (κ2) is 6.44. The van der Waals surface area contributed by atoms with Crippen molar-refractivity contribution in [1.82, 2.24) is 14.9 Å². The smallest absolute Gasteiger partial charge is 0.264 e. The van der Waals surface area contributed by atoms with Crippen LogP contribution in [0.3, 0.4) is 0 Å². The van der Waals surface area contributed by atoms with E-state index in [1.165, 1.54) is 31.9 Å². The van der Waals surface area contributed by atoms with Gasteiger partial charge in [-0.15, -0.1) is 5.10 Å². The average Bonchev–Trinajstić information content (AvgIpc) is 2.90. The number of rotatable bonds is 4. The summed E-state index contributed by atoms with van der Waals surface area (Å²) in [6, 6.07) is 0. The molecule has 1 aromatic rings. The van der Waals surface area contributed by atoms with Crippen LogP contribution in [0.2, 0.25) is 0 Å². The Hall–Kier alpha value is -0.490. The van der Waals surface area contributed by atoms with Crippen LogP contribution in [-0.4, -0.2) is 27.4 Å². The molecule has 2 unspecified atom stereocenters. The molecule has 0 saturated heterocycles. The molecule has 4 nitrogen and oxygen atoms in total. The van der Waals surface area contributed by atoms with Crippen LogP contribution in [0.4, 0.5) is 0 Å². The minimum atomic E-state index is -0.0427. The molecule has 0 bridgehead atoms. The lowest BCUT2D eigenvalue weighted by Crippen LogP contribution is -2.34. The number of alkyl halides is 1. The molecule has 0 radical (unpaired) electrons. The van der Waals surface area contributed by atoms with Crippen molar-refractivity contribution in [3.8, 4) is 0 Å². The van der Waals surface area contributed by atoms with Gasteiger partial charge in [0.1, 0.15) is 4.88 Å². The van der Waals surface area contributed by atoms with Gasteiger partial charge in [-0.3, -0.25) is 4.79 Å². The van der Waals surface area contributed by atoms with Crippen LogP contribution in [0.25, 0.3) is 0 Å². The maximum atomic E-state index is 11.8. The molecule has 1 fully saturated rings. The first-order chi connectivity index (χ1) is 8.31. The molecule has 1 heterocycles. The van der Waals surface area contributed by atoms with Crippen LogP contribution in [0.1, 0.15) is 35.4 Å². The Morgan fingerprint density at radius 2 is 2.24 bits per heavy atom. The second-order valence-electron chi connectivity index (χ2n) is 4.45. The summed E-state index contributed by atoms with van der Waals surface area (Å²) in [5, 5.41) is 7.70. The first-order valence-electron chi connectivity index (χ1n) is 5.92. The first kappa shape index (κ1) is 13.0. The molecule has 6 heteroatoms. The van der Waals surface area contributed by atoms with Crippen LogP contribution in [-0.2, 0) is 0 Å². The number of aromatic nitrogens is 2. The molecule has 1 saturated carbocycles. The van der Waals surface area contributed by atoms with Gasteiger partial charge in [-0.1, -0.05) is 33.3 Å². The minimum absolute atomic E-state index is 0.0427. The Kier molecular flexibility index (Phi) is 4.91. The molecular weight excluding hydrogens is 302 g/mol. The van der Waals surface area contributed by atoms with Crippen LogP contribution < -0.4 is 5.32 Å². The molecule has 2 rings (SSSR count). The van der Waals surface area contributed by atoms with E-state index in [1.54, 1.807) is 0 Å². The monoisotopic (exact) mass is 317 g/mol. The molecule has 1 aromatic heterocycles. The number of halogens is 1. The fourth-order valence-corrected chi connectivity index (χ4v) is 3.62. The maximum absolute atomic E-state index is 11.8. The van der Waals surface area contributed by atoms with Gasteiger partial charge in [0.2, 0.25) is 0 Å². The fourth-order valence-electron chi connectivity index (χ4n) is 2.33. The lowest BCUT2D eigenvalue weighted by molar-refractivity contribution is 0.0941. The topological polar surface area (TPSA) is 54.9 Å². The fraction of sp³-hybridized carbons (Fsp3) is 0.727. The van der Waals surface area contributed by atoms with Crippen molar-refractivity contribution >= 4 is 33.4 Å². The van der Waals surface area contributed by atoms with E-state index in [1.807, 2.05) is 0 Å². The minimum Gasteiger partial charge on any atom is -0.351 e. The highest BCUT2D eigenvalue weighted by molar-refractivity contribution is 9.09. The molecule has 1 aliphatic rings. The predicted molar refractivity (Wildman–Crippen MR) is 71.5 cm³/mol. The van der Waals surface area contributed by atoms with Crippen molar-refractivity contribution in [2.75, 3.05) is 11.9 Å². The zero-order valence-electron chi connectivity index (χ0n) is 9.56. The van der Waals surface area contributed by atoms with E-state index in [4.69, 9.17) is 0 Å². The lowest BCUT2D eigenvalue weighted by Gasteiger charge is -2.30. The van der Waals surface area contributed by atoms with Crippen LogP contribution in [0.15, 0.2) is 6.20 Å². The summed E-state index contributed by atoms with van der Waals surface area (Å²) in [6.07, 6.45) is 6.61. The van der Waals surface area contributed by atoms with Crippen molar-refractivity contribution in [1.29, 1.82) is 0 Å². The van der Waals surface area contributed by atoms with Crippen molar-refractivity contribution in [3.63, 3.8) is 0 Å². The van der Waals surface area contributed by atoms with E-state index >= 15 is 0 Å². The highest BCUT2D eigenvalue weighted by atomic mass is 79.9. The number of carbonyl (C=O) groups excluding carboxylic acids is 1. The summed E-state index contributed by atoms with van der Waals surface area (Å²) in [6.45, 7) is 0.771. The number of hydrogen-bond donors (Lipinski definition) is 1. The zero-order valence-corrected chi connectivity index (χ0v) is 12.0. The summed E-state index contributed by atoms with van der Waals surface area (Å²) in [4.78, 5) is 12.3. The Morgan fingerprint density at radius 3 is 2.88 bits per heavy atom. The van der Waals surface area contributed by atoms with Gasteiger partial charge in [0, 0.05) is 11.9 Å². The third-order valence-corrected chi connectivity index (χ3v) is 4.87. The highest BCUT2D eigenvalue weighted by Crippen LogP contribution is 2.30. The first-order valence-corrected chi connectivity index (χ1v) is 7.82. The van der Waals surface area contributed by atoms with Crippen molar-refractivity contribution in [3.05, 3.63) is 11.1 Å². The molecule has 1 N–H and O–H groups in total. The number of nitrogens with zero attached hydrogens (tertiary/aromatic N) is 2. The van der Waals surface area contributed by atoms with E-state index in [0.29, 0.717) is 16.7 Å². The van der Waals surface area contributed by atoms with E-state index in [9.17, 15) is 4.79 Å². The molecule has 1 aliphatic carbocycles. The molecular formula is C11H16BrN3OS. The lowest BCUT2D eigenvalue weighted by atomic mass is 9.80. The molecule has 2 atom stereocenters. The molecule has 0 spiro atoms. The van der Waals surface area contributed by atoms with Crippen molar-refractivity contribution < 1.29 is 4.79 Å². The van der Waals surface area contributed by atoms with Crippen LogP contribution >= 0.6 is 27.5 Å². The van der Waals surface area contributed by atoms with Crippen molar-refractivity contribution in [2.45, 2.75) is 25.7 Å². The van der Waals surface area contributed by atoms with Crippen LogP contribution in [0, 0.1) is 11.8 Å². The number of nitrogens with one attached hydrogen (secondary N) is 1. The van der Waals surface area contributed by atoms with Gasteiger partial charge >= 0.3 is 0 Å². The largest absolute Gasteiger partial charge is 0.351 e. The Bertz CT molecular complexity index is 358. The summed E-state index contributed by atoms with van der Waals surface area (Å²) < 4.78 is 3.69. The van der Waals surface area contributed by atoms with Gasteiger partial charge in [-0.2, -0.15) is 0 Å². The standard InChI is InChI=1S/C11H16BrN3OS/c12-5-8-3-1-2-4-9(8)6-13-11(16)10-7-14-15-17-10/h7-9H,1-6H2,(H,13,16). The number of amides is 1. The number of hydrogen-bond acceptors (Lipinski definition) is 4. The molecule has 94 valence electrons. The molecule has 0 aromatic carbocycles. The summed E-state index contributed by atoms with van der Waals surface area (Å²) in [5.74, 6) is 1.26. The van der Waals surface area contributed by atoms with Crippen LogP contribution in [0.5, 0.6) is 0 Å². The van der Waals surface area contributed by atoms with E-state index in [0.717, 1.165) is 23.4 Å². The van der Waals surface area contributed by atoms with Crippen molar-refractivity contribution in [2.24, 2.45) is 11.8 Å². The average molecular weight is 318 g/mol. The third kappa shape index (κ3) is 3.48. The molecule has 1 amide bonds. The van der Waals surface area contributed by atoms with Gasteiger partial charge in [-0.25, -0.2) is 0 Å². The normalized spacial score (nSPS) is 24.5. The van der Waals surface area contributed by atoms with Gasteiger partial charge in [-0.05, 0) is 36.2 Å². The maximum Gasteiger partial charge on any atom is 0.264 e. The molecule has 17 heavy (non-hydrogen) atoms. The Morgan fingerprint density at radius 1 is 1.47 bits per heavy atom. The van der Waals surface area contributed by atoms with Gasteiger partial charge in [0.05, 0.1) is 6.20 Å². The third-order valence-electron chi connectivity index (χ3n) is 3.37. The predicted octanol–water partition coefficient (Wildman–Crippen LogP) is 2.47. The zero-order chi connectivity index (χ0) is 12.1. The second-order valence-corrected chi connectivity index (χ2v) is 5.88. The quantitative estimate of drug-likeness (QED) is 0.868. The number of carbonyl (C=O) groups is 1. The summed E-state index contributed by atoms with van der Waals surface area (Å²) in [7, 11) is 0. The summed E-state index contributed by atoms with van der Waals surface area (Å²) >= 11 is 4.71. The van der Waals surface area contributed by atoms with E-state index in [-0.39, 0.29) is 5.91 Å². The van der Waals surface area contributed by atoms with Gasteiger partial charge in [0.25, 0.3) is 5.91 Å². The SMILES string of the molecule is O=C(NCC1CCCCC1CBr)c1cnns1. The highest BCUT2D eigenvalue weighted by Gasteiger charge is 2.24. The van der Waals surface area contributed by atoms with Gasteiger partial charge in [0.15, 0.2) is 0 Å². The Labute approximate surface area is 113 Å².